The first-order valence-electron chi connectivity index (χ1n) is 1.91. The van der Waals surface area contributed by atoms with E-state index in [1.807, 2.05) is 0 Å². The van der Waals surface area contributed by atoms with Gasteiger partial charge in [0.1, 0.15) is 0 Å². The molecule has 8 heavy (non-hydrogen) atoms. The minimum atomic E-state index is 0. The highest BCUT2D eigenvalue weighted by Crippen LogP contribution is 1.75. The van der Waals surface area contributed by atoms with Gasteiger partial charge in [-0.1, -0.05) is 0 Å². The third-order valence-electron chi connectivity index (χ3n) is 0.573. The van der Waals surface area contributed by atoms with E-state index >= 15 is 0 Å². The Balaban J connectivity index is 0. The Bertz CT molecular complexity index is 89.3. The number of nitrogens with one attached hydrogen (secondary N) is 1. The van der Waals surface area contributed by atoms with Crippen LogP contribution in [0, 0.1) is 5.41 Å². The van der Waals surface area contributed by atoms with Crippen molar-refractivity contribution < 1.29 is 0 Å². The molecule has 0 aliphatic carbocycles. The maximum absolute atomic E-state index is 6.89. The van der Waals surface area contributed by atoms with Crippen LogP contribution in [0.1, 0.15) is 0 Å². The van der Waals surface area contributed by atoms with Crippen LogP contribution in [-0.4, -0.2) is 31.7 Å². The molecule has 4 heteroatoms. The van der Waals surface area contributed by atoms with E-state index in [2.05, 4.69) is 11.7 Å². The molecule has 0 unspecified atom stereocenters. The van der Waals surface area contributed by atoms with Gasteiger partial charge in [-0.15, -0.1) is 12.4 Å². The van der Waals surface area contributed by atoms with E-state index < -0.39 is 0 Å². The summed E-state index contributed by atoms with van der Waals surface area (Å²) in [6.45, 7) is 3.17. The molecule has 0 aliphatic rings. The van der Waals surface area contributed by atoms with Crippen molar-refractivity contribution >= 4 is 25.1 Å². The molecule has 0 aromatic heterocycles. The Morgan fingerprint density at radius 2 is 2.00 bits per heavy atom. The molecule has 0 fully saturated rings. The van der Waals surface area contributed by atoms with Gasteiger partial charge in [-0.3, -0.25) is 5.41 Å². The number of nitrogens with zero attached hydrogens (tertiary/aromatic N) is 2. The second kappa shape index (κ2) is 4.59. The van der Waals surface area contributed by atoms with E-state index in [1.54, 1.807) is 19.0 Å². The van der Waals surface area contributed by atoms with Crippen LogP contribution in [0.15, 0.2) is 4.99 Å². The maximum atomic E-state index is 6.89. The predicted octanol–water partition coefficient (Wildman–Crippen LogP) is 0.605. The number of hydrogen-bond acceptors (Lipinski definition) is 1. The van der Waals surface area contributed by atoms with Gasteiger partial charge in [-0.2, -0.15) is 0 Å². The zero-order valence-electron chi connectivity index (χ0n) is 5.01. The maximum Gasteiger partial charge on any atom is 0.216 e. The van der Waals surface area contributed by atoms with Crippen molar-refractivity contribution in [3.8, 4) is 0 Å². The van der Waals surface area contributed by atoms with Gasteiger partial charge in [0.15, 0.2) is 0 Å². The third-order valence-corrected chi connectivity index (χ3v) is 0.573. The molecule has 0 saturated carbocycles. The van der Waals surface area contributed by atoms with Gasteiger partial charge in [0.05, 0.1) is 0 Å². The largest absolute Gasteiger partial charge is 0.347 e. The lowest BCUT2D eigenvalue weighted by Gasteiger charge is -2.05. The zero-order chi connectivity index (χ0) is 5.86. The summed E-state index contributed by atoms with van der Waals surface area (Å²) in [6.07, 6.45) is 0. The summed E-state index contributed by atoms with van der Waals surface area (Å²) in [5, 5.41) is 6.89. The van der Waals surface area contributed by atoms with Crippen LogP contribution in [0.2, 0.25) is 0 Å². The topological polar surface area (TPSA) is 39.5 Å². The summed E-state index contributed by atoms with van der Waals surface area (Å²) >= 11 is 0. The summed E-state index contributed by atoms with van der Waals surface area (Å²) in [6, 6.07) is 0. The van der Waals surface area contributed by atoms with Crippen LogP contribution in [-0.2, 0) is 0 Å². The van der Waals surface area contributed by atoms with Gasteiger partial charge < -0.3 is 4.90 Å². The Kier molecular flexibility index (Phi) is 5.97. The predicted molar refractivity (Wildman–Crippen MR) is 38.2 cm³/mol. The summed E-state index contributed by atoms with van der Waals surface area (Å²) < 4.78 is 0. The number of guanidine groups is 1. The summed E-state index contributed by atoms with van der Waals surface area (Å²) in [5.41, 5.74) is 0. The normalized spacial score (nSPS) is 6.75. The van der Waals surface area contributed by atoms with Crippen molar-refractivity contribution in [2.24, 2.45) is 4.99 Å². The van der Waals surface area contributed by atoms with E-state index in [0.717, 1.165) is 0 Å². The van der Waals surface area contributed by atoms with Crippen LogP contribution >= 0.6 is 12.4 Å². The van der Waals surface area contributed by atoms with Crippen molar-refractivity contribution in [2.45, 2.75) is 0 Å². The molecular weight excluding hydrogens is 126 g/mol. The monoisotopic (exact) mass is 135 g/mol. The van der Waals surface area contributed by atoms with Crippen LogP contribution in [0.4, 0.5) is 0 Å². The molecule has 0 aliphatic heterocycles. The van der Waals surface area contributed by atoms with Crippen LogP contribution in [0.25, 0.3) is 0 Å². The van der Waals surface area contributed by atoms with Gasteiger partial charge in [0.2, 0.25) is 5.96 Å². The smallest absolute Gasteiger partial charge is 0.216 e. The first-order chi connectivity index (χ1) is 3.18. The van der Waals surface area contributed by atoms with E-state index in [1.165, 1.54) is 0 Å². The first kappa shape index (κ1) is 10.4. The lowest BCUT2D eigenvalue weighted by atomic mass is 10.8. The highest BCUT2D eigenvalue weighted by atomic mass is 35.5. The van der Waals surface area contributed by atoms with Gasteiger partial charge in [-0.05, 0) is 6.72 Å². The van der Waals surface area contributed by atoms with Crippen molar-refractivity contribution in [3.05, 3.63) is 0 Å². The fourth-order valence-electron chi connectivity index (χ4n) is 0.141. The molecule has 0 atom stereocenters. The average Bonchev–Trinajstić information content (AvgIpc) is 1.65. The van der Waals surface area contributed by atoms with Crippen LogP contribution < -0.4 is 0 Å². The summed E-state index contributed by atoms with van der Waals surface area (Å²) in [7, 11) is 3.49. The molecule has 0 spiro atoms. The standard InChI is InChI=1S/C4H9N3.ClH/c1-6-4(5)7(2)3;/h5H,1H2,2-3H3;1H. The second-order valence-corrected chi connectivity index (χ2v) is 1.38. The molecule has 0 radical (unpaired) electrons. The molecule has 1 N–H and O–H groups in total. The highest BCUT2D eigenvalue weighted by Gasteiger charge is 1.87. The van der Waals surface area contributed by atoms with Crippen LogP contribution in [0.5, 0.6) is 0 Å². The molecule has 0 amide bonds. The average molecular weight is 136 g/mol. The molecule has 0 heterocycles. The Hall–Kier alpha value is -0.570. The fourth-order valence-corrected chi connectivity index (χ4v) is 0.141. The molecule has 0 aromatic rings. The molecule has 3 nitrogen and oxygen atoms in total. The van der Waals surface area contributed by atoms with Gasteiger partial charge in [0.25, 0.3) is 0 Å². The highest BCUT2D eigenvalue weighted by molar-refractivity contribution is 5.85. The third kappa shape index (κ3) is 3.61. The molecule has 0 rings (SSSR count). The summed E-state index contributed by atoms with van der Waals surface area (Å²) in [5.74, 6) is 0.194. The van der Waals surface area contributed by atoms with Crippen molar-refractivity contribution in [1.82, 2.24) is 4.90 Å². The Morgan fingerprint density at radius 1 is 1.62 bits per heavy atom. The lowest BCUT2D eigenvalue weighted by Crippen LogP contribution is -2.17. The molecule has 0 bridgehead atoms. The first-order valence-corrected chi connectivity index (χ1v) is 1.91. The van der Waals surface area contributed by atoms with E-state index in [-0.39, 0.29) is 18.4 Å². The molecule has 0 aromatic carbocycles. The van der Waals surface area contributed by atoms with E-state index in [9.17, 15) is 0 Å². The quantitative estimate of drug-likeness (QED) is 0.384. The van der Waals surface area contributed by atoms with Crippen LogP contribution in [0.3, 0.4) is 0 Å². The van der Waals surface area contributed by atoms with Crippen molar-refractivity contribution in [3.63, 3.8) is 0 Å². The second-order valence-electron chi connectivity index (χ2n) is 1.38. The van der Waals surface area contributed by atoms with Gasteiger partial charge >= 0.3 is 0 Å². The van der Waals surface area contributed by atoms with E-state index in [4.69, 9.17) is 5.41 Å². The Labute approximate surface area is 55.3 Å². The molecule has 48 valence electrons. The van der Waals surface area contributed by atoms with Crippen molar-refractivity contribution in [1.29, 1.82) is 5.41 Å². The van der Waals surface area contributed by atoms with Crippen molar-refractivity contribution in [2.75, 3.05) is 14.1 Å². The SMILES string of the molecule is C=NC(=N)N(C)C.Cl. The number of hydrogen-bond donors (Lipinski definition) is 1. The fraction of sp³-hybridized carbons (Fsp3) is 0.500. The number of rotatable bonds is 0. The summed E-state index contributed by atoms with van der Waals surface area (Å²) in [4.78, 5) is 4.92. The van der Waals surface area contributed by atoms with Gasteiger partial charge in [-0.25, -0.2) is 4.99 Å². The minimum Gasteiger partial charge on any atom is -0.347 e. The number of halogens is 1. The molecular formula is C4H10ClN3. The molecule has 0 saturated heterocycles. The number of aliphatic imine (C=N–C) groups is 1. The minimum absolute atomic E-state index is 0. The van der Waals surface area contributed by atoms with E-state index in [0.29, 0.717) is 0 Å². The van der Waals surface area contributed by atoms with Gasteiger partial charge in [0, 0.05) is 14.1 Å². The Morgan fingerprint density at radius 3 is 2.00 bits per heavy atom. The zero-order valence-corrected chi connectivity index (χ0v) is 5.83. The lowest BCUT2D eigenvalue weighted by molar-refractivity contribution is 0.610.